The number of amides is 1. The van der Waals surface area contributed by atoms with Gasteiger partial charge in [-0.1, -0.05) is 48.2 Å². The van der Waals surface area contributed by atoms with Crippen LogP contribution in [0, 0.1) is 0 Å². The summed E-state index contributed by atoms with van der Waals surface area (Å²) in [7, 11) is 0. The minimum atomic E-state index is -0.159. The molecule has 0 atom stereocenters. The number of aromatic nitrogens is 5. The van der Waals surface area contributed by atoms with E-state index in [1.807, 2.05) is 59.1 Å². The number of benzene rings is 1. The van der Waals surface area contributed by atoms with Crippen LogP contribution in [0.15, 0.2) is 59.9 Å². The largest absolute Gasteiger partial charge is 0.300 e. The normalized spacial score (nSPS) is 10.9. The summed E-state index contributed by atoms with van der Waals surface area (Å²) in [6.45, 7) is 0. The molecule has 124 valence electrons. The van der Waals surface area contributed by atoms with Crippen LogP contribution in [-0.4, -0.2) is 35.6 Å². The zero-order valence-electron chi connectivity index (χ0n) is 12.9. The number of thioether (sulfide) groups is 1. The van der Waals surface area contributed by atoms with Crippen LogP contribution in [0.2, 0.25) is 0 Å². The molecule has 0 bridgehead atoms. The van der Waals surface area contributed by atoms with Crippen molar-refractivity contribution in [3.05, 3.63) is 54.7 Å². The van der Waals surface area contributed by atoms with Gasteiger partial charge >= 0.3 is 0 Å². The summed E-state index contributed by atoms with van der Waals surface area (Å²) < 4.78 is 6.12. The van der Waals surface area contributed by atoms with Gasteiger partial charge in [0, 0.05) is 23.3 Å². The average molecular weight is 368 g/mol. The lowest BCUT2D eigenvalue weighted by atomic mass is 10.2. The molecule has 7 nitrogen and oxygen atoms in total. The first-order valence-corrected chi connectivity index (χ1v) is 9.17. The van der Waals surface area contributed by atoms with Gasteiger partial charge in [-0.15, -0.1) is 10.2 Å². The van der Waals surface area contributed by atoms with E-state index in [1.165, 1.54) is 11.8 Å². The van der Waals surface area contributed by atoms with E-state index in [4.69, 9.17) is 0 Å². The highest BCUT2D eigenvalue weighted by Crippen LogP contribution is 2.21. The Balaban J connectivity index is 1.39. The Hall–Kier alpha value is -2.78. The van der Waals surface area contributed by atoms with Crippen molar-refractivity contribution >= 4 is 40.0 Å². The summed E-state index contributed by atoms with van der Waals surface area (Å²) in [5.74, 6) is 0.668. The third-order valence-corrected chi connectivity index (χ3v) is 4.89. The van der Waals surface area contributed by atoms with Crippen LogP contribution in [-0.2, 0) is 4.79 Å². The van der Waals surface area contributed by atoms with Crippen LogP contribution >= 0.6 is 23.3 Å². The Bertz CT molecular complexity index is 1010. The Kier molecular flexibility index (Phi) is 4.40. The minimum absolute atomic E-state index is 0.159. The van der Waals surface area contributed by atoms with Crippen molar-refractivity contribution in [2.75, 3.05) is 11.1 Å². The zero-order chi connectivity index (χ0) is 17.1. The third-order valence-electron chi connectivity index (χ3n) is 3.32. The first-order valence-electron chi connectivity index (χ1n) is 7.41. The lowest BCUT2D eigenvalue weighted by molar-refractivity contribution is -0.113. The fraction of sp³-hybridized carbons (Fsp3) is 0.0625. The molecule has 9 heteroatoms. The molecule has 1 N–H and O–H groups in total. The SMILES string of the molecule is O=C(CSc1nnc2ccccn12)Nc1nc(-c2ccccc2)ns1. The smallest absolute Gasteiger partial charge is 0.236 e. The van der Waals surface area contributed by atoms with Crippen molar-refractivity contribution in [3.63, 3.8) is 0 Å². The number of nitrogens with one attached hydrogen (secondary N) is 1. The highest BCUT2D eigenvalue weighted by atomic mass is 32.2. The topological polar surface area (TPSA) is 85.1 Å². The maximum atomic E-state index is 12.1. The fourth-order valence-corrected chi connectivity index (χ4v) is 3.51. The summed E-state index contributed by atoms with van der Waals surface area (Å²) in [6, 6.07) is 15.3. The molecule has 0 saturated carbocycles. The Morgan fingerprint density at radius 3 is 2.84 bits per heavy atom. The van der Waals surface area contributed by atoms with Crippen LogP contribution in [0.3, 0.4) is 0 Å². The quantitative estimate of drug-likeness (QED) is 0.545. The van der Waals surface area contributed by atoms with E-state index < -0.39 is 0 Å². The standard InChI is InChI=1S/C16H12N6OS2/c23-13(10-24-16-20-19-12-8-4-5-9-22(12)16)17-15-18-14(21-25-15)11-6-2-1-3-7-11/h1-9H,10H2,(H,17,18,21,23). The molecule has 4 aromatic rings. The molecule has 0 aliphatic carbocycles. The number of hydrogen-bond acceptors (Lipinski definition) is 7. The van der Waals surface area contributed by atoms with Crippen LogP contribution in [0.5, 0.6) is 0 Å². The molecule has 0 radical (unpaired) electrons. The first-order chi connectivity index (χ1) is 12.3. The van der Waals surface area contributed by atoms with Gasteiger partial charge in [0.25, 0.3) is 0 Å². The third kappa shape index (κ3) is 3.52. The Labute approximate surface area is 151 Å². The predicted octanol–water partition coefficient (Wildman–Crippen LogP) is 2.98. The van der Waals surface area contributed by atoms with E-state index in [1.54, 1.807) is 0 Å². The molecule has 0 unspecified atom stereocenters. The van der Waals surface area contributed by atoms with E-state index in [0.29, 0.717) is 16.1 Å². The molecule has 1 aromatic carbocycles. The predicted molar refractivity (Wildman–Crippen MR) is 97.7 cm³/mol. The number of carbonyl (C=O) groups is 1. The summed E-state index contributed by atoms with van der Waals surface area (Å²) in [4.78, 5) is 16.5. The number of nitrogens with zero attached hydrogens (tertiary/aromatic N) is 5. The number of fused-ring (bicyclic) bond motifs is 1. The maximum absolute atomic E-state index is 12.1. The van der Waals surface area contributed by atoms with Gasteiger partial charge in [-0.3, -0.25) is 14.5 Å². The van der Waals surface area contributed by atoms with Crippen molar-refractivity contribution in [3.8, 4) is 11.4 Å². The zero-order valence-corrected chi connectivity index (χ0v) is 14.5. The van der Waals surface area contributed by atoms with Crippen molar-refractivity contribution in [1.29, 1.82) is 0 Å². The lowest BCUT2D eigenvalue weighted by Gasteiger charge is -2.00. The molecule has 25 heavy (non-hydrogen) atoms. The van der Waals surface area contributed by atoms with Gasteiger partial charge in [0.15, 0.2) is 16.6 Å². The van der Waals surface area contributed by atoms with Crippen LogP contribution in [0.4, 0.5) is 5.13 Å². The second-order valence-corrected chi connectivity index (χ2v) is 6.73. The summed E-state index contributed by atoms with van der Waals surface area (Å²) >= 11 is 2.48. The summed E-state index contributed by atoms with van der Waals surface area (Å²) in [6.07, 6.45) is 1.87. The van der Waals surface area contributed by atoms with E-state index in [9.17, 15) is 4.79 Å². The summed E-state index contributed by atoms with van der Waals surface area (Å²) in [5.41, 5.74) is 1.67. The van der Waals surface area contributed by atoms with Gasteiger partial charge in [-0.05, 0) is 12.1 Å². The number of pyridine rings is 1. The second kappa shape index (κ2) is 6.99. The van der Waals surface area contributed by atoms with Gasteiger partial charge in [-0.25, -0.2) is 0 Å². The lowest BCUT2D eigenvalue weighted by Crippen LogP contribution is -2.14. The van der Waals surface area contributed by atoms with Crippen LogP contribution < -0.4 is 5.32 Å². The van der Waals surface area contributed by atoms with Gasteiger partial charge in [0.2, 0.25) is 11.0 Å². The maximum Gasteiger partial charge on any atom is 0.236 e. The highest BCUT2D eigenvalue weighted by molar-refractivity contribution is 7.99. The number of rotatable bonds is 5. The number of carbonyl (C=O) groups excluding carboxylic acids is 1. The van der Waals surface area contributed by atoms with Gasteiger partial charge in [-0.2, -0.15) is 9.36 Å². The van der Waals surface area contributed by atoms with Gasteiger partial charge in [0.1, 0.15) is 0 Å². The first kappa shape index (κ1) is 15.7. The average Bonchev–Trinajstić information content (AvgIpc) is 3.28. The number of hydrogen-bond donors (Lipinski definition) is 1. The molecular formula is C16H12N6OS2. The monoisotopic (exact) mass is 368 g/mol. The molecule has 0 aliphatic rings. The molecule has 0 fully saturated rings. The Morgan fingerprint density at radius 1 is 1.12 bits per heavy atom. The molecule has 3 aromatic heterocycles. The van der Waals surface area contributed by atoms with Crippen molar-refractivity contribution < 1.29 is 4.79 Å². The highest BCUT2D eigenvalue weighted by Gasteiger charge is 2.12. The van der Waals surface area contributed by atoms with Gasteiger partial charge in [0.05, 0.1) is 5.75 Å². The molecule has 0 aliphatic heterocycles. The molecule has 0 saturated heterocycles. The molecule has 4 rings (SSSR count). The molecule has 0 spiro atoms. The van der Waals surface area contributed by atoms with Crippen LogP contribution in [0.1, 0.15) is 0 Å². The van der Waals surface area contributed by atoms with Gasteiger partial charge < -0.3 is 0 Å². The molecule has 3 heterocycles. The van der Waals surface area contributed by atoms with E-state index in [2.05, 4.69) is 24.9 Å². The van der Waals surface area contributed by atoms with Crippen molar-refractivity contribution in [2.45, 2.75) is 5.16 Å². The van der Waals surface area contributed by atoms with E-state index >= 15 is 0 Å². The molecule has 1 amide bonds. The minimum Gasteiger partial charge on any atom is -0.300 e. The number of anilines is 1. The second-order valence-electron chi connectivity index (χ2n) is 5.04. The van der Waals surface area contributed by atoms with E-state index in [-0.39, 0.29) is 11.7 Å². The fourth-order valence-electron chi connectivity index (χ4n) is 2.18. The van der Waals surface area contributed by atoms with E-state index in [0.717, 1.165) is 22.7 Å². The summed E-state index contributed by atoms with van der Waals surface area (Å²) in [5, 5.41) is 12.1. The Morgan fingerprint density at radius 2 is 1.96 bits per heavy atom. The van der Waals surface area contributed by atoms with Crippen molar-refractivity contribution in [1.82, 2.24) is 24.0 Å². The molecular weight excluding hydrogens is 356 g/mol. The van der Waals surface area contributed by atoms with Crippen LogP contribution in [0.25, 0.3) is 17.0 Å². The van der Waals surface area contributed by atoms with Crippen molar-refractivity contribution in [2.24, 2.45) is 0 Å².